The zero-order valence-electron chi connectivity index (χ0n) is 11.7. The van der Waals surface area contributed by atoms with E-state index in [9.17, 15) is 9.00 Å². The lowest BCUT2D eigenvalue weighted by Gasteiger charge is -2.14. The summed E-state index contributed by atoms with van der Waals surface area (Å²) in [6.45, 7) is 5.63. The molecule has 4 nitrogen and oxygen atoms in total. The highest BCUT2D eigenvalue weighted by atomic mass is 32.2. The number of aryl methyl sites for hydroxylation is 1. The van der Waals surface area contributed by atoms with Crippen LogP contribution in [0.4, 0.5) is 11.4 Å². The summed E-state index contributed by atoms with van der Waals surface area (Å²) < 4.78 is 11.9. The topological polar surface area (TPSA) is 72.2 Å². The van der Waals surface area contributed by atoms with E-state index in [2.05, 4.69) is 5.32 Å². The molecule has 0 aliphatic heterocycles. The van der Waals surface area contributed by atoms with Gasteiger partial charge in [-0.1, -0.05) is 19.4 Å². The predicted octanol–water partition coefficient (Wildman–Crippen LogP) is 2.45. The van der Waals surface area contributed by atoms with Crippen LogP contribution in [0.15, 0.2) is 18.2 Å². The van der Waals surface area contributed by atoms with Crippen molar-refractivity contribution < 1.29 is 9.00 Å². The smallest absolute Gasteiger partial charge is 0.239 e. The third-order valence-electron chi connectivity index (χ3n) is 2.98. The number of benzene rings is 1. The largest absolute Gasteiger partial charge is 0.399 e. The monoisotopic (exact) mass is 282 g/mol. The Morgan fingerprint density at radius 2 is 2.16 bits per heavy atom. The van der Waals surface area contributed by atoms with Gasteiger partial charge in [-0.05, 0) is 38.0 Å². The Morgan fingerprint density at radius 1 is 1.47 bits per heavy atom. The zero-order valence-corrected chi connectivity index (χ0v) is 12.5. The fraction of sp³-hybridized carbons (Fsp3) is 0.500. The Labute approximate surface area is 117 Å². The maximum absolute atomic E-state index is 12.0. The molecule has 0 saturated heterocycles. The fourth-order valence-electron chi connectivity index (χ4n) is 1.59. The average molecular weight is 282 g/mol. The molecule has 0 fully saturated rings. The summed E-state index contributed by atoms with van der Waals surface area (Å²) in [7, 11) is -1.12. The lowest BCUT2D eigenvalue weighted by Crippen LogP contribution is -2.30. The van der Waals surface area contributed by atoms with Crippen LogP contribution in [0.1, 0.15) is 32.3 Å². The van der Waals surface area contributed by atoms with Crippen molar-refractivity contribution in [2.45, 2.75) is 38.9 Å². The lowest BCUT2D eigenvalue weighted by atomic mass is 10.2. The molecule has 0 aliphatic carbocycles. The van der Waals surface area contributed by atoms with Crippen LogP contribution < -0.4 is 11.1 Å². The highest BCUT2D eigenvalue weighted by Crippen LogP contribution is 2.18. The highest BCUT2D eigenvalue weighted by molar-refractivity contribution is 7.86. The van der Waals surface area contributed by atoms with Crippen LogP contribution in [0.25, 0.3) is 0 Å². The number of hydrogen-bond acceptors (Lipinski definition) is 3. The van der Waals surface area contributed by atoms with E-state index in [0.29, 0.717) is 17.1 Å². The summed E-state index contributed by atoms with van der Waals surface area (Å²) >= 11 is 0. The van der Waals surface area contributed by atoms with Gasteiger partial charge in [0.05, 0.1) is 0 Å². The lowest BCUT2D eigenvalue weighted by molar-refractivity contribution is -0.115. The van der Waals surface area contributed by atoms with Crippen LogP contribution in [-0.4, -0.2) is 21.1 Å². The molecular formula is C14H22N2O2S. The second-order valence-electron chi connectivity index (χ2n) is 4.64. The molecular weight excluding hydrogens is 260 g/mol. The van der Waals surface area contributed by atoms with E-state index < -0.39 is 16.0 Å². The summed E-state index contributed by atoms with van der Waals surface area (Å²) in [6.07, 6.45) is 1.86. The number of carbonyl (C=O) groups excluding carboxylic acids is 1. The molecule has 0 aromatic heterocycles. The number of rotatable bonds is 6. The number of anilines is 2. The second kappa shape index (κ2) is 7.28. The maximum atomic E-state index is 12.0. The van der Waals surface area contributed by atoms with Crippen LogP contribution in [-0.2, 0) is 15.6 Å². The Kier molecular flexibility index (Phi) is 6.02. The molecule has 5 heteroatoms. The van der Waals surface area contributed by atoms with Gasteiger partial charge in [-0.25, -0.2) is 0 Å². The van der Waals surface area contributed by atoms with E-state index in [1.54, 1.807) is 19.1 Å². The van der Waals surface area contributed by atoms with Gasteiger partial charge < -0.3 is 11.1 Å². The van der Waals surface area contributed by atoms with Crippen molar-refractivity contribution in [1.29, 1.82) is 0 Å². The van der Waals surface area contributed by atoms with Gasteiger partial charge in [-0.3, -0.25) is 9.00 Å². The second-order valence-corrected chi connectivity index (χ2v) is 6.52. The molecule has 2 atom stereocenters. The van der Waals surface area contributed by atoms with Crippen molar-refractivity contribution in [3.05, 3.63) is 23.8 Å². The molecule has 0 saturated carbocycles. The Balaban J connectivity index is 2.68. The average Bonchev–Trinajstić information content (AvgIpc) is 2.39. The van der Waals surface area contributed by atoms with Crippen molar-refractivity contribution >= 4 is 28.1 Å². The third-order valence-corrected chi connectivity index (χ3v) is 4.68. The first kappa shape index (κ1) is 15.7. The molecule has 1 aromatic rings. The van der Waals surface area contributed by atoms with E-state index in [1.165, 1.54) is 0 Å². The molecule has 106 valence electrons. The Bertz CT molecular complexity index is 475. The first-order valence-electron chi connectivity index (χ1n) is 6.50. The summed E-state index contributed by atoms with van der Waals surface area (Å²) in [4.78, 5) is 12.0. The van der Waals surface area contributed by atoms with E-state index >= 15 is 0 Å². The van der Waals surface area contributed by atoms with Crippen molar-refractivity contribution in [3.8, 4) is 0 Å². The van der Waals surface area contributed by atoms with Gasteiger partial charge in [0.15, 0.2) is 0 Å². The van der Waals surface area contributed by atoms with E-state index in [0.717, 1.165) is 18.4 Å². The molecule has 0 spiro atoms. The van der Waals surface area contributed by atoms with Crippen molar-refractivity contribution in [2.24, 2.45) is 0 Å². The molecule has 2 unspecified atom stereocenters. The van der Waals surface area contributed by atoms with Crippen LogP contribution in [0.2, 0.25) is 0 Å². The minimum atomic E-state index is -1.12. The van der Waals surface area contributed by atoms with Crippen LogP contribution in [0.5, 0.6) is 0 Å². The minimum Gasteiger partial charge on any atom is -0.399 e. The quantitative estimate of drug-likeness (QED) is 0.787. The summed E-state index contributed by atoms with van der Waals surface area (Å²) in [5, 5.41) is 2.29. The number of nitrogens with two attached hydrogens (primary N) is 1. The molecule has 0 bridgehead atoms. The number of nitrogens with one attached hydrogen (secondary N) is 1. The number of hydrogen-bond donors (Lipinski definition) is 2. The molecule has 1 rings (SSSR count). The standard InChI is InChI=1S/C14H22N2O2S/c1-4-5-8-19(18)11(3)14(17)16-13-9-12(15)7-6-10(13)2/h6-7,9,11H,4-5,8,15H2,1-3H3,(H,16,17). The van der Waals surface area contributed by atoms with Gasteiger partial charge in [0.1, 0.15) is 5.25 Å². The van der Waals surface area contributed by atoms with Crippen LogP contribution in [0.3, 0.4) is 0 Å². The first-order chi connectivity index (χ1) is 8.95. The van der Waals surface area contributed by atoms with Gasteiger partial charge in [0, 0.05) is 27.9 Å². The first-order valence-corrected chi connectivity index (χ1v) is 7.88. The van der Waals surface area contributed by atoms with Crippen molar-refractivity contribution in [1.82, 2.24) is 0 Å². The zero-order chi connectivity index (χ0) is 14.4. The number of amides is 1. The van der Waals surface area contributed by atoms with E-state index in [-0.39, 0.29) is 5.91 Å². The molecule has 1 amide bonds. The molecule has 0 aliphatic rings. The molecule has 19 heavy (non-hydrogen) atoms. The van der Waals surface area contributed by atoms with E-state index in [4.69, 9.17) is 5.73 Å². The fourth-order valence-corrected chi connectivity index (χ4v) is 2.82. The van der Waals surface area contributed by atoms with Gasteiger partial charge in [0.2, 0.25) is 5.91 Å². The third kappa shape index (κ3) is 4.67. The Morgan fingerprint density at radius 3 is 2.79 bits per heavy atom. The Hall–Kier alpha value is -1.36. The van der Waals surface area contributed by atoms with Gasteiger partial charge >= 0.3 is 0 Å². The van der Waals surface area contributed by atoms with E-state index in [1.807, 2.05) is 19.9 Å². The van der Waals surface area contributed by atoms with Crippen LogP contribution in [0, 0.1) is 6.92 Å². The predicted molar refractivity (Wildman–Crippen MR) is 81.6 cm³/mol. The number of unbranched alkanes of at least 4 members (excludes halogenated alkanes) is 1. The van der Waals surface area contributed by atoms with Crippen molar-refractivity contribution in [3.63, 3.8) is 0 Å². The van der Waals surface area contributed by atoms with Crippen LogP contribution >= 0.6 is 0 Å². The summed E-state index contributed by atoms with van der Waals surface area (Å²) in [6, 6.07) is 5.35. The van der Waals surface area contributed by atoms with Gasteiger partial charge in [-0.15, -0.1) is 0 Å². The SMILES string of the molecule is CCCCS(=O)C(C)C(=O)Nc1cc(N)ccc1C. The normalized spacial score (nSPS) is 13.8. The summed E-state index contributed by atoms with van der Waals surface area (Å²) in [5.74, 6) is 0.351. The summed E-state index contributed by atoms with van der Waals surface area (Å²) in [5.41, 5.74) is 7.91. The molecule has 0 radical (unpaired) electrons. The van der Waals surface area contributed by atoms with Gasteiger partial charge in [-0.2, -0.15) is 0 Å². The molecule has 0 heterocycles. The highest BCUT2D eigenvalue weighted by Gasteiger charge is 2.20. The minimum absolute atomic E-state index is 0.219. The van der Waals surface area contributed by atoms with Crippen molar-refractivity contribution in [2.75, 3.05) is 16.8 Å². The number of carbonyl (C=O) groups is 1. The number of nitrogen functional groups attached to an aromatic ring is 1. The molecule has 3 N–H and O–H groups in total. The molecule has 1 aromatic carbocycles. The maximum Gasteiger partial charge on any atom is 0.239 e. The van der Waals surface area contributed by atoms with Gasteiger partial charge in [0.25, 0.3) is 0 Å².